The van der Waals surface area contributed by atoms with E-state index in [-0.39, 0.29) is 12.2 Å². The molecule has 1 aromatic carbocycles. The maximum atomic E-state index is 12.4. The van der Waals surface area contributed by atoms with Crippen LogP contribution in [-0.4, -0.2) is 17.6 Å². The molecule has 0 spiro atoms. The van der Waals surface area contributed by atoms with Crippen LogP contribution in [0.15, 0.2) is 24.3 Å². The topological polar surface area (TPSA) is 53.3 Å². The Hall–Kier alpha value is -1.56. The molecule has 0 amide bonds. The highest BCUT2D eigenvalue weighted by Crippen LogP contribution is 2.30. The zero-order valence-electron chi connectivity index (χ0n) is 9.08. The van der Waals surface area contributed by atoms with Crippen LogP contribution in [0.2, 0.25) is 0 Å². The van der Waals surface area contributed by atoms with E-state index in [1.807, 2.05) is 0 Å². The van der Waals surface area contributed by atoms with Crippen LogP contribution in [0.3, 0.4) is 0 Å². The van der Waals surface area contributed by atoms with Gasteiger partial charge in [-0.25, -0.2) is 0 Å². The fourth-order valence-corrected chi connectivity index (χ4v) is 1.27. The lowest BCUT2D eigenvalue weighted by Gasteiger charge is -2.14. The highest BCUT2D eigenvalue weighted by atomic mass is 19.4. The Kier molecular flexibility index (Phi) is 4.11. The molecule has 0 saturated carbocycles. The number of alkyl halides is 3. The highest BCUT2D eigenvalue weighted by molar-refractivity contribution is 5.79. The van der Waals surface area contributed by atoms with Gasteiger partial charge in [0.1, 0.15) is 0 Å². The summed E-state index contributed by atoms with van der Waals surface area (Å²) in [6.07, 6.45) is -5.94. The molecule has 2 N–H and O–H groups in total. The standard InChI is InChI=1S/C11H12F3NO2/c1-2-17-10(15)9(16)7-4-3-5-8(6-7)11(12,13)14/h3-6,9,15-16H,2H2,1H3/t9-/m1/s1. The van der Waals surface area contributed by atoms with Gasteiger partial charge in [-0.05, 0) is 24.6 Å². The summed E-state index contributed by atoms with van der Waals surface area (Å²) in [6.45, 7) is 1.79. The summed E-state index contributed by atoms with van der Waals surface area (Å²) in [5.74, 6) is -0.466. The van der Waals surface area contributed by atoms with E-state index in [0.717, 1.165) is 12.1 Å². The molecule has 6 heteroatoms. The molecule has 17 heavy (non-hydrogen) atoms. The molecular weight excluding hydrogens is 235 g/mol. The Labute approximate surface area is 96.3 Å². The van der Waals surface area contributed by atoms with Crippen LogP contribution in [0.4, 0.5) is 13.2 Å². The lowest BCUT2D eigenvalue weighted by Crippen LogP contribution is -2.15. The van der Waals surface area contributed by atoms with Gasteiger partial charge in [-0.2, -0.15) is 13.2 Å². The number of nitrogens with one attached hydrogen (secondary N) is 1. The van der Waals surface area contributed by atoms with Crippen LogP contribution in [-0.2, 0) is 10.9 Å². The molecule has 94 valence electrons. The van der Waals surface area contributed by atoms with Gasteiger partial charge >= 0.3 is 6.18 Å². The molecule has 0 aliphatic rings. The van der Waals surface area contributed by atoms with Gasteiger partial charge in [-0.1, -0.05) is 12.1 Å². The van der Waals surface area contributed by atoms with Crippen LogP contribution < -0.4 is 0 Å². The maximum absolute atomic E-state index is 12.4. The second-order valence-corrected chi connectivity index (χ2v) is 3.32. The number of benzene rings is 1. The van der Waals surface area contributed by atoms with Gasteiger partial charge in [0.2, 0.25) is 5.90 Å². The summed E-state index contributed by atoms with van der Waals surface area (Å²) in [5, 5.41) is 16.9. The average Bonchev–Trinajstić information content (AvgIpc) is 2.27. The van der Waals surface area contributed by atoms with E-state index in [9.17, 15) is 18.3 Å². The van der Waals surface area contributed by atoms with Gasteiger partial charge in [-0.3, -0.25) is 5.41 Å². The van der Waals surface area contributed by atoms with Crippen molar-refractivity contribution in [1.29, 1.82) is 5.41 Å². The molecule has 1 aromatic rings. The molecular formula is C11H12F3NO2. The van der Waals surface area contributed by atoms with Gasteiger partial charge in [0, 0.05) is 0 Å². The van der Waals surface area contributed by atoms with E-state index in [0.29, 0.717) is 0 Å². The van der Waals surface area contributed by atoms with E-state index >= 15 is 0 Å². The summed E-state index contributed by atoms with van der Waals surface area (Å²) in [7, 11) is 0. The van der Waals surface area contributed by atoms with Crippen molar-refractivity contribution in [3.63, 3.8) is 0 Å². The Morgan fingerprint density at radius 3 is 2.65 bits per heavy atom. The number of hydrogen-bond acceptors (Lipinski definition) is 3. The molecule has 0 bridgehead atoms. The van der Waals surface area contributed by atoms with E-state index in [2.05, 4.69) is 0 Å². The third-order valence-electron chi connectivity index (χ3n) is 2.08. The summed E-state index contributed by atoms with van der Waals surface area (Å²) in [6, 6.07) is 4.20. The number of ether oxygens (including phenoxy) is 1. The summed E-state index contributed by atoms with van der Waals surface area (Å²) >= 11 is 0. The summed E-state index contributed by atoms with van der Waals surface area (Å²) in [4.78, 5) is 0. The van der Waals surface area contributed by atoms with Crippen LogP contribution in [0.1, 0.15) is 24.2 Å². The number of aliphatic hydroxyl groups excluding tert-OH is 1. The van der Waals surface area contributed by atoms with Crippen molar-refractivity contribution in [3.8, 4) is 0 Å². The second kappa shape index (κ2) is 5.18. The lowest BCUT2D eigenvalue weighted by atomic mass is 10.1. The Bertz CT molecular complexity index is 404. The molecule has 0 aliphatic heterocycles. The van der Waals surface area contributed by atoms with Crippen molar-refractivity contribution in [1.82, 2.24) is 0 Å². The predicted octanol–water partition coefficient (Wildman–Crippen LogP) is 2.75. The zero-order valence-corrected chi connectivity index (χ0v) is 9.08. The molecule has 1 rings (SSSR count). The van der Waals surface area contributed by atoms with Crippen molar-refractivity contribution in [2.75, 3.05) is 6.61 Å². The lowest BCUT2D eigenvalue weighted by molar-refractivity contribution is -0.137. The SMILES string of the molecule is CCOC(=N)[C@H](O)c1cccc(C(F)(F)F)c1. The molecule has 0 unspecified atom stereocenters. The van der Waals surface area contributed by atoms with Crippen molar-refractivity contribution in [2.24, 2.45) is 0 Å². The van der Waals surface area contributed by atoms with E-state index in [4.69, 9.17) is 10.1 Å². The van der Waals surface area contributed by atoms with E-state index in [1.165, 1.54) is 12.1 Å². The minimum absolute atomic E-state index is 0.0155. The average molecular weight is 247 g/mol. The van der Waals surface area contributed by atoms with Crippen molar-refractivity contribution < 1.29 is 23.0 Å². The molecule has 0 fully saturated rings. The van der Waals surface area contributed by atoms with E-state index < -0.39 is 23.7 Å². The first kappa shape index (κ1) is 13.5. The first-order valence-corrected chi connectivity index (χ1v) is 4.92. The van der Waals surface area contributed by atoms with Gasteiger partial charge in [0.05, 0.1) is 12.2 Å². The van der Waals surface area contributed by atoms with Crippen molar-refractivity contribution in [3.05, 3.63) is 35.4 Å². The van der Waals surface area contributed by atoms with Crippen LogP contribution in [0.25, 0.3) is 0 Å². The molecule has 3 nitrogen and oxygen atoms in total. The minimum atomic E-state index is -4.47. The Morgan fingerprint density at radius 1 is 1.47 bits per heavy atom. The Balaban J connectivity index is 2.96. The third-order valence-corrected chi connectivity index (χ3v) is 2.08. The number of aliphatic hydroxyl groups is 1. The first-order chi connectivity index (χ1) is 7.86. The molecule has 0 radical (unpaired) electrons. The highest BCUT2D eigenvalue weighted by Gasteiger charge is 2.31. The fourth-order valence-electron chi connectivity index (χ4n) is 1.27. The quantitative estimate of drug-likeness (QED) is 0.637. The van der Waals surface area contributed by atoms with E-state index in [1.54, 1.807) is 6.92 Å². The number of hydrogen-bond donors (Lipinski definition) is 2. The molecule has 0 aliphatic carbocycles. The largest absolute Gasteiger partial charge is 0.479 e. The van der Waals surface area contributed by atoms with Crippen LogP contribution in [0.5, 0.6) is 0 Å². The maximum Gasteiger partial charge on any atom is 0.416 e. The first-order valence-electron chi connectivity index (χ1n) is 4.92. The van der Waals surface area contributed by atoms with Crippen molar-refractivity contribution in [2.45, 2.75) is 19.2 Å². The number of halogens is 3. The molecule has 0 aromatic heterocycles. The van der Waals surface area contributed by atoms with Gasteiger partial charge in [0.15, 0.2) is 6.10 Å². The third kappa shape index (κ3) is 3.45. The minimum Gasteiger partial charge on any atom is -0.479 e. The van der Waals surface area contributed by atoms with Gasteiger partial charge in [-0.15, -0.1) is 0 Å². The Morgan fingerprint density at radius 2 is 2.12 bits per heavy atom. The van der Waals surface area contributed by atoms with Gasteiger partial charge < -0.3 is 9.84 Å². The molecule has 0 heterocycles. The van der Waals surface area contributed by atoms with Gasteiger partial charge in [0.25, 0.3) is 0 Å². The predicted molar refractivity (Wildman–Crippen MR) is 55.8 cm³/mol. The fraction of sp³-hybridized carbons (Fsp3) is 0.364. The molecule has 1 atom stereocenters. The smallest absolute Gasteiger partial charge is 0.416 e. The zero-order chi connectivity index (χ0) is 13.1. The number of rotatable bonds is 3. The summed E-state index contributed by atoms with van der Waals surface area (Å²) in [5.41, 5.74) is -0.878. The van der Waals surface area contributed by atoms with Crippen LogP contribution >= 0.6 is 0 Å². The normalized spacial score (nSPS) is 13.2. The summed E-state index contributed by atoms with van der Waals surface area (Å²) < 4.78 is 42.0. The second-order valence-electron chi connectivity index (χ2n) is 3.32. The van der Waals surface area contributed by atoms with Crippen LogP contribution in [0, 0.1) is 5.41 Å². The molecule has 0 saturated heterocycles. The monoisotopic (exact) mass is 247 g/mol. The van der Waals surface area contributed by atoms with Crippen molar-refractivity contribution >= 4 is 5.90 Å².